The van der Waals surface area contributed by atoms with Crippen LogP contribution in [-0.4, -0.2) is 11.6 Å². The summed E-state index contributed by atoms with van der Waals surface area (Å²) in [5.74, 6) is -0.174. The molecule has 0 amide bonds. The molecular formula is C15H19FN2. The topological polar surface area (TPSA) is 17.0 Å². The van der Waals surface area contributed by atoms with Gasteiger partial charge in [0.05, 0.1) is 0 Å². The van der Waals surface area contributed by atoms with E-state index >= 15 is 0 Å². The van der Waals surface area contributed by atoms with Gasteiger partial charge in [-0.1, -0.05) is 6.07 Å². The van der Waals surface area contributed by atoms with Crippen molar-refractivity contribution in [2.24, 2.45) is 0 Å². The van der Waals surface area contributed by atoms with Crippen molar-refractivity contribution >= 4 is 0 Å². The van der Waals surface area contributed by atoms with E-state index in [-0.39, 0.29) is 5.82 Å². The molecule has 96 valence electrons. The summed E-state index contributed by atoms with van der Waals surface area (Å²) in [5, 5.41) is 3.24. The van der Waals surface area contributed by atoms with Gasteiger partial charge in [0.15, 0.2) is 0 Å². The molecule has 0 aliphatic heterocycles. The van der Waals surface area contributed by atoms with Crippen molar-refractivity contribution in [3.8, 4) is 0 Å². The first-order chi connectivity index (χ1) is 8.61. The molecule has 0 saturated heterocycles. The average molecular weight is 246 g/mol. The first-order valence-corrected chi connectivity index (χ1v) is 6.19. The average Bonchev–Trinajstić information content (AvgIpc) is 2.80. The quantitative estimate of drug-likeness (QED) is 0.876. The smallest absolute Gasteiger partial charge is 0.123 e. The van der Waals surface area contributed by atoms with Crippen molar-refractivity contribution in [3.63, 3.8) is 0 Å². The molecule has 0 bridgehead atoms. The van der Waals surface area contributed by atoms with Gasteiger partial charge in [-0.2, -0.15) is 0 Å². The second-order valence-electron chi connectivity index (χ2n) is 4.64. The van der Waals surface area contributed by atoms with Crippen LogP contribution in [0.25, 0.3) is 0 Å². The Morgan fingerprint density at radius 2 is 2.11 bits per heavy atom. The number of nitrogens with one attached hydrogen (secondary N) is 1. The lowest BCUT2D eigenvalue weighted by Crippen LogP contribution is -2.17. The van der Waals surface area contributed by atoms with Crippen molar-refractivity contribution in [1.82, 2.24) is 9.88 Å². The van der Waals surface area contributed by atoms with E-state index in [2.05, 4.69) is 29.1 Å². The lowest BCUT2D eigenvalue weighted by molar-refractivity contribution is 0.587. The fourth-order valence-corrected chi connectivity index (χ4v) is 2.13. The van der Waals surface area contributed by atoms with Crippen LogP contribution in [0.4, 0.5) is 4.39 Å². The van der Waals surface area contributed by atoms with Crippen molar-refractivity contribution in [2.75, 3.05) is 7.05 Å². The fourth-order valence-electron chi connectivity index (χ4n) is 2.13. The van der Waals surface area contributed by atoms with E-state index in [0.717, 1.165) is 17.7 Å². The molecule has 18 heavy (non-hydrogen) atoms. The van der Waals surface area contributed by atoms with Crippen LogP contribution < -0.4 is 5.32 Å². The van der Waals surface area contributed by atoms with Crippen molar-refractivity contribution in [1.29, 1.82) is 0 Å². The van der Waals surface area contributed by atoms with Gasteiger partial charge in [-0.05, 0) is 56.3 Å². The van der Waals surface area contributed by atoms with E-state index in [1.165, 1.54) is 11.8 Å². The third-order valence-corrected chi connectivity index (χ3v) is 3.39. The van der Waals surface area contributed by atoms with Gasteiger partial charge >= 0.3 is 0 Å². The fraction of sp³-hybridized carbons (Fsp3) is 0.333. The predicted octanol–water partition coefficient (Wildman–Crippen LogP) is 3.26. The van der Waals surface area contributed by atoms with Crippen LogP contribution >= 0.6 is 0 Å². The molecule has 0 spiro atoms. The Kier molecular flexibility index (Phi) is 3.82. The van der Waals surface area contributed by atoms with Gasteiger partial charge < -0.3 is 9.88 Å². The van der Waals surface area contributed by atoms with E-state index in [1.807, 2.05) is 26.1 Å². The van der Waals surface area contributed by atoms with Crippen LogP contribution in [0.1, 0.15) is 29.8 Å². The molecule has 0 aliphatic carbocycles. The zero-order chi connectivity index (χ0) is 13.1. The van der Waals surface area contributed by atoms with Crippen molar-refractivity contribution in [3.05, 3.63) is 59.2 Å². The molecule has 0 fully saturated rings. The van der Waals surface area contributed by atoms with E-state index in [9.17, 15) is 4.39 Å². The standard InChI is InChI=1S/C15H19FN2/c1-11-9-14(16)7-6-13(11)10-18-8-4-5-15(18)12(2)17-3/h4-9,12,17H,10H2,1-3H3. The Morgan fingerprint density at radius 1 is 1.33 bits per heavy atom. The zero-order valence-electron chi connectivity index (χ0n) is 11.1. The van der Waals surface area contributed by atoms with Gasteiger partial charge in [0.2, 0.25) is 0 Å². The molecule has 1 N–H and O–H groups in total. The summed E-state index contributed by atoms with van der Waals surface area (Å²) in [6, 6.07) is 9.42. The Labute approximate surface area is 107 Å². The number of hydrogen-bond acceptors (Lipinski definition) is 1. The van der Waals surface area contributed by atoms with E-state index in [1.54, 1.807) is 6.07 Å². The Bertz CT molecular complexity index is 531. The minimum Gasteiger partial charge on any atom is -0.346 e. The molecule has 1 unspecified atom stereocenters. The molecule has 0 saturated carbocycles. The number of nitrogens with zero attached hydrogens (tertiary/aromatic N) is 1. The molecule has 3 heteroatoms. The van der Waals surface area contributed by atoms with Crippen LogP contribution in [-0.2, 0) is 6.54 Å². The highest BCUT2D eigenvalue weighted by atomic mass is 19.1. The third kappa shape index (κ3) is 2.62. The first kappa shape index (κ1) is 12.8. The number of hydrogen-bond donors (Lipinski definition) is 1. The lowest BCUT2D eigenvalue weighted by Gasteiger charge is -2.16. The van der Waals surface area contributed by atoms with Crippen LogP contribution in [0.5, 0.6) is 0 Å². The minimum atomic E-state index is -0.174. The van der Waals surface area contributed by atoms with Gasteiger partial charge in [-0.3, -0.25) is 0 Å². The van der Waals surface area contributed by atoms with Crippen LogP contribution in [0.15, 0.2) is 36.5 Å². The lowest BCUT2D eigenvalue weighted by atomic mass is 10.1. The summed E-state index contributed by atoms with van der Waals surface area (Å²) in [5.41, 5.74) is 3.38. The molecule has 2 nitrogen and oxygen atoms in total. The van der Waals surface area contributed by atoms with E-state index in [4.69, 9.17) is 0 Å². The maximum absolute atomic E-state index is 13.1. The largest absolute Gasteiger partial charge is 0.346 e. The molecule has 0 aliphatic rings. The normalized spacial score (nSPS) is 12.7. The number of aryl methyl sites for hydroxylation is 1. The molecule has 2 aromatic rings. The van der Waals surface area contributed by atoms with Gasteiger partial charge in [0.25, 0.3) is 0 Å². The first-order valence-electron chi connectivity index (χ1n) is 6.19. The van der Waals surface area contributed by atoms with Gasteiger partial charge in [-0.25, -0.2) is 4.39 Å². The highest BCUT2D eigenvalue weighted by Crippen LogP contribution is 2.17. The Hall–Kier alpha value is -1.61. The minimum absolute atomic E-state index is 0.174. The van der Waals surface area contributed by atoms with Gasteiger partial charge in [0, 0.05) is 24.5 Å². The highest BCUT2D eigenvalue weighted by Gasteiger charge is 2.09. The second-order valence-corrected chi connectivity index (χ2v) is 4.64. The molecular weight excluding hydrogens is 227 g/mol. The summed E-state index contributed by atoms with van der Waals surface area (Å²) < 4.78 is 15.3. The number of benzene rings is 1. The van der Waals surface area contributed by atoms with Crippen molar-refractivity contribution in [2.45, 2.75) is 26.4 Å². The summed E-state index contributed by atoms with van der Waals surface area (Å²) >= 11 is 0. The monoisotopic (exact) mass is 246 g/mol. The van der Waals surface area contributed by atoms with Gasteiger partial charge in [0.1, 0.15) is 5.82 Å². The van der Waals surface area contributed by atoms with Gasteiger partial charge in [-0.15, -0.1) is 0 Å². The molecule has 2 rings (SSSR count). The molecule has 1 heterocycles. The van der Waals surface area contributed by atoms with Crippen LogP contribution in [0.2, 0.25) is 0 Å². The predicted molar refractivity (Wildman–Crippen MR) is 72.1 cm³/mol. The van der Waals surface area contributed by atoms with E-state index in [0.29, 0.717) is 6.04 Å². The third-order valence-electron chi connectivity index (χ3n) is 3.39. The van der Waals surface area contributed by atoms with Crippen molar-refractivity contribution < 1.29 is 4.39 Å². The number of rotatable bonds is 4. The Morgan fingerprint density at radius 3 is 2.78 bits per heavy atom. The SMILES string of the molecule is CNC(C)c1cccn1Cc1ccc(F)cc1C. The van der Waals surface area contributed by atoms with Crippen LogP contribution in [0.3, 0.4) is 0 Å². The number of aromatic nitrogens is 1. The van der Waals surface area contributed by atoms with E-state index < -0.39 is 0 Å². The molecule has 1 aromatic heterocycles. The summed E-state index contributed by atoms with van der Waals surface area (Å²) in [7, 11) is 1.95. The summed E-state index contributed by atoms with van der Waals surface area (Å²) in [6.45, 7) is 4.85. The Balaban J connectivity index is 2.26. The maximum Gasteiger partial charge on any atom is 0.123 e. The maximum atomic E-state index is 13.1. The molecule has 0 radical (unpaired) electrons. The highest BCUT2D eigenvalue weighted by molar-refractivity contribution is 5.27. The molecule has 1 aromatic carbocycles. The number of halogens is 1. The summed E-state index contributed by atoms with van der Waals surface area (Å²) in [4.78, 5) is 0. The second kappa shape index (κ2) is 5.36. The molecule has 1 atom stereocenters. The zero-order valence-corrected chi connectivity index (χ0v) is 11.1. The van der Waals surface area contributed by atoms with Crippen LogP contribution in [0, 0.1) is 12.7 Å². The summed E-state index contributed by atoms with van der Waals surface area (Å²) in [6.07, 6.45) is 2.06.